The molecule has 6 heteroatoms. The van der Waals surface area contributed by atoms with E-state index in [0.29, 0.717) is 28.1 Å². The number of amides is 1. The molecule has 0 bridgehead atoms. The summed E-state index contributed by atoms with van der Waals surface area (Å²) in [6.07, 6.45) is 1.52. The zero-order chi connectivity index (χ0) is 22.9. The van der Waals surface area contributed by atoms with Crippen LogP contribution < -0.4 is 9.62 Å². The molecule has 0 saturated carbocycles. The van der Waals surface area contributed by atoms with Gasteiger partial charge in [0.1, 0.15) is 0 Å². The van der Waals surface area contributed by atoms with Crippen molar-refractivity contribution in [2.24, 2.45) is 0 Å². The molecule has 0 unspecified atom stereocenters. The van der Waals surface area contributed by atoms with Gasteiger partial charge >= 0.3 is 0 Å². The van der Waals surface area contributed by atoms with Crippen LogP contribution in [0.25, 0.3) is 5.57 Å². The van der Waals surface area contributed by atoms with Crippen LogP contribution in [0, 0.1) is 13.8 Å². The zero-order valence-corrected chi connectivity index (χ0v) is 18.8. The Balaban J connectivity index is 1.98. The number of aryl methyl sites for hydroxylation is 2. The molecular weight excluding hydrogens is 420 g/mol. The molecule has 1 aliphatic heterocycles. The van der Waals surface area contributed by atoms with Gasteiger partial charge in [0.25, 0.3) is 15.9 Å². The Morgan fingerprint density at radius 3 is 2.38 bits per heavy atom. The van der Waals surface area contributed by atoms with Gasteiger partial charge < -0.3 is 5.32 Å². The molecule has 1 N–H and O–H groups in total. The molecule has 1 heterocycles. The van der Waals surface area contributed by atoms with Crippen molar-refractivity contribution in [3.63, 3.8) is 0 Å². The molecule has 0 spiro atoms. The molecule has 0 radical (unpaired) electrons. The van der Waals surface area contributed by atoms with Crippen LogP contribution in [0.15, 0.2) is 90.4 Å². The van der Waals surface area contributed by atoms with E-state index in [0.717, 1.165) is 11.1 Å². The summed E-state index contributed by atoms with van der Waals surface area (Å²) in [6.45, 7) is 7.60. The predicted molar refractivity (Wildman–Crippen MR) is 130 cm³/mol. The first-order valence-electron chi connectivity index (χ1n) is 10.3. The maximum Gasteiger partial charge on any atom is 0.270 e. The second-order valence-electron chi connectivity index (χ2n) is 7.68. The molecule has 0 fully saturated rings. The molecule has 1 aliphatic rings. The monoisotopic (exact) mass is 444 g/mol. The summed E-state index contributed by atoms with van der Waals surface area (Å²) in [4.78, 5) is 13.3. The van der Waals surface area contributed by atoms with E-state index in [1.165, 1.54) is 10.4 Å². The average molecular weight is 445 g/mol. The molecule has 4 rings (SSSR count). The summed E-state index contributed by atoms with van der Waals surface area (Å²) >= 11 is 0. The number of hydrogen-bond donors (Lipinski definition) is 1. The Labute approximate surface area is 188 Å². The average Bonchev–Trinajstić information content (AvgIpc) is 2.77. The Morgan fingerprint density at radius 2 is 1.69 bits per heavy atom. The van der Waals surface area contributed by atoms with Crippen molar-refractivity contribution < 1.29 is 13.2 Å². The van der Waals surface area contributed by atoms with Crippen LogP contribution in [-0.4, -0.2) is 20.9 Å². The molecular formula is C26H24N2O3S. The summed E-state index contributed by atoms with van der Waals surface area (Å²) in [7, 11) is -4.15. The van der Waals surface area contributed by atoms with Crippen LogP contribution in [0.3, 0.4) is 0 Å². The van der Waals surface area contributed by atoms with E-state index in [4.69, 9.17) is 0 Å². The number of carbonyl (C=O) groups excluding carboxylic acids is 1. The van der Waals surface area contributed by atoms with E-state index in [1.807, 2.05) is 68.4 Å². The molecule has 0 aliphatic carbocycles. The molecule has 32 heavy (non-hydrogen) atoms. The number of benzene rings is 3. The second-order valence-corrected chi connectivity index (χ2v) is 9.48. The number of anilines is 2. The van der Waals surface area contributed by atoms with Gasteiger partial charge in [-0.25, -0.2) is 8.42 Å². The minimum Gasteiger partial charge on any atom is -0.321 e. The van der Waals surface area contributed by atoms with Gasteiger partial charge in [0.15, 0.2) is 4.91 Å². The smallest absolute Gasteiger partial charge is 0.270 e. The highest BCUT2D eigenvalue weighted by atomic mass is 32.2. The highest BCUT2D eigenvalue weighted by Gasteiger charge is 2.40. The van der Waals surface area contributed by atoms with Crippen molar-refractivity contribution in [3.8, 4) is 0 Å². The first-order valence-corrected chi connectivity index (χ1v) is 11.7. The second kappa shape index (κ2) is 8.48. The topological polar surface area (TPSA) is 66.5 Å². The molecule has 0 saturated heterocycles. The van der Waals surface area contributed by atoms with Gasteiger partial charge in [-0.2, -0.15) is 0 Å². The lowest BCUT2D eigenvalue weighted by molar-refractivity contribution is -0.112. The lowest BCUT2D eigenvalue weighted by Gasteiger charge is -2.32. The Kier molecular flexibility index (Phi) is 5.72. The van der Waals surface area contributed by atoms with E-state index >= 15 is 0 Å². The Bertz CT molecular complexity index is 1340. The van der Waals surface area contributed by atoms with E-state index in [1.54, 1.807) is 18.2 Å². The Morgan fingerprint density at radius 1 is 1.00 bits per heavy atom. The maximum atomic E-state index is 13.8. The third-order valence-electron chi connectivity index (χ3n) is 5.41. The molecule has 162 valence electrons. The van der Waals surface area contributed by atoms with Crippen molar-refractivity contribution in [2.45, 2.75) is 13.8 Å². The van der Waals surface area contributed by atoms with Crippen molar-refractivity contribution in [1.29, 1.82) is 0 Å². The van der Waals surface area contributed by atoms with Crippen molar-refractivity contribution in [2.75, 3.05) is 16.2 Å². The third-order valence-corrected chi connectivity index (χ3v) is 7.24. The number of hydrogen-bond acceptors (Lipinski definition) is 3. The molecule has 5 nitrogen and oxygen atoms in total. The van der Waals surface area contributed by atoms with Crippen LogP contribution in [0.5, 0.6) is 0 Å². The van der Waals surface area contributed by atoms with Gasteiger partial charge in [0.2, 0.25) is 0 Å². The standard InChI is InChI=1S/C26H24N2O3S/c1-4-16-28-23-13-9-8-12-21(23)24(20-10-6-5-7-11-20)25(32(28,30)31)26(29)27-22-15-14-18(2)17-19(22)3/h4-15,17H,1,16H2,2-3H3,(H,27,29). The first-order chi connectivity index (χ1) is 15.3. The van der Waals surface area contributed by atoms with Gasteiger partial charge in [-0.1, -0.05) is 72.3 Å². The minimum absolute atomic E-state index is 0.0573. The zero-order valence-electron chi connectivity index (χ0n) is 18.0. The summed E-state index contributed by atoms with van der Waals surface area (Å²) in [5.74, 6) is -0.667. The quantitative estimate of drug-likeness (QED) is 0.561. The number of nitrogens with one attached hydrogen (secondary N) is 1. The summed E-state index contributed by atoms with van der Waals surface area (Å²) < 4.78 is 28.8. The largest absolute Gasteiger partial charge is 0.321 e. The van der Waals surface area contributed by atoms with Gasteiger partial charge in [0, 0.05) is 16.8 Å². The fraction of sp³-hybridized carbons (Fsp3) is 0.115. The van der Waals surface area contributed by atoms with Crippen LogP contribution in [0.4, 0.5) is 11.4 Å². The number of sulfonamides is 1. The van der Waals surface area contributed by atoms with E-state index in [-0.39, 0.29) is 11.4 Å². The van der Waals surface area contributed by atoms with E-state index in [2.05, 4.69) is 11.9 Å². The normalized spacial score (nSPS) is 14.6. The fourth-order valence-electron chi connectivity index (χ4n) is 3.96. The van der Waals surface area contributed by atoms with Crippen LogP contribution in [-0.2, 0) is 14.8 Å². The lowest BCUT2D eigenvalue weighted by atomic mass is 9.95. The number of nitrogens with zero attached hydrogens (tertiary/aromatic N) is 1. The summed E-state index contributed by atoms with van der Waals surface area (Å²) in [5, 5.41) is 2.83. The number of fused-ring (bicyclic) bond motifs is 1. The summed E-state index contributed by atoms with van der Waals surface area (Å²) in [6, 6.07) is 22.0. The van der Waals surface area contributed by atoms with E-state index in [9.17, 15) is 13.2 Å². The minimum atomic E-state index is -4.15. The Hall–Kier alpha value is -3.64. The van der Waals surface area contributed by atoms with Crippen molar-refractivity contribution in [3.05, 3.63) is 113 Å². The fourth-order valence-corrected chi connectivity index (χ4v) is 5.67. The molecule has 3 aromatic rings. The SMILES string of the molecule is C=CCN1c2ccccc2C(c2ccccc2)=C(C(=O)Nc2ccc(C)cc2C)S1(=O)=O. The van der Waals surface area contributed by atoms with Crippen LogP contribution in [0.2, 0.25) is 0 Å². The van der Waals surface area contributed by atoms with Crippen molar-refractivity contribution >= 4 is 32.9 Å². The molecule has 0 atom stereocenters. The third kappa shape index (κ3) is 3.74. The van der Waals surface area contributed by atoms with Gasteiger partial charge in [-0.3, -0.25) is 9.10 Å². The first kappa shape index (κ1) is 21.6. The number of carbonyl (C=O) groups is 1. The van der Waals surface area contributed by atoms with Gasteiger partial charge in [0.05, 0.1) is 12.2 Å². The van der Waals surface area contributed by atoms with Crippen LogP contribution in [0.1, 0.15) is 22.3 Å². The highest BCUT2D eigenvalue weighted by Crippen LogP contribution is 2.43. The van der Waals surface area contributed by atoms with E-state index < -0.39 is 15.9 Å². The summed E-state index contributed by atoms with van der Waals surface area (Å²) in [5.41, 5.74) is 4.74. The maximum absolute atomic E-state index is 13.8. The molecule has 1 amide bonds. The molecule has 0 aromatic heterocycles. The molecule has 3 aromatic carbocycles. The van der Waals surface area contributed by atoms with Crippen LogP contribution >= 0.6 is 0 Å². The number of rotatable bonds is 5. The van der Waals surface area contributed by atoms with Crippen molar-refractivity contribution in [1.82, 2.24) is 0 Å². The number of para-hydroxylation sites is 1. The highest BCUT2D eigenvalue weighted by molar-refractivity contribution is 7.97. The lowest BCUT2D eigenvalue weighted by Crippen LogP contribution is -2.39. The van der Waals surface area contributed by atoms with Gasteiger partial charge in [-0.05, 0) is 37.1 Å². The predicted octanol–water partition coefficient (Wildman–Crippen LogP) is 5.04. The van der Waals surface area contributed by atoms with Gasteiger partial charge in [-0.15, -0.1) is 6.58 Å².